The number of benzene rings is 6. The molecule has 0 aliphatic heterocycles. The van der Waals surface area contributed by atoms with Crippen molar-refractivity contribution in [3.8, 4) is 22.3 Å². The van der Waals surface area contributed by atoms with Crippen molar-refractivity contribution in [2.45, 2.75) is 19.3 Å². The molecule has 0 atom stereocenters. The van der Waals surface area contributed by atoms with Crippen LogP contribution in [0.25, 0.3) is 33.0 Å². The van der Waals surface area contributed by atoms with Gasteiger partial charge in [0.05, 0.1) is 5.69 Å². The number of hydrogen-bond acceptors (Lipinski definition) is 1. The molecular formula is C37H29N. The van der Waals surface area contributed by atoms with Crippen molar-refractivity contribution in [2.75, 3.05) is 4.90 Å². The van der Waals surface area contributed by atoms with E-state index < -0.39 is 0 Å². The molecule has 6 aromatic carbocycles. The molecule has 0 bridgehead atoms. The molecule has 6 aromatic rings. The first-order valence-corrected chi connectivity index (χ1v) is 13.3. The minimum absolute atomic E-state index is 0.113. The Labute approximate surface area is 224 Å². The van der Waals surface area contributed by atoms with Gasteiger partial charge in [-0.2, -0.15) is 0 Å². The van der Waals surface area contributed by atoms with E-state index in [2.05, 4.69) is 158 Å². The summed E-state index contributed by atoms with van der Waals surface area (Å²) in [6, 6.07) is 50.4. The van der Waals surface area contributed by atoms with Crippen molar-refractivity contribution in [1.29, 1.82) is 0 Å². The van der Waals surface area contributed by atoms with Gasteiger partial charge in [0, 0.05) is 22.2 Å². The summed E-state index contributed by atoms with van der Waals surface area (Å²) < 4.78 is 0. The third-order valence-corrected chi connectivity index (χ3v) is 8.01. The van der Waals surface area contributed by atoms with Crippen LogP contribution >= 0.6 is 0 Å². The minimum atomic E-state index is -0.113. The van der Waals surface area contributed by atoms with E-state index in [1.54, 1.807) is 0 Å². The summed E-state index contributed by atoms with van der Waals surface area (Å²) in [4.78, 5) is 2.40. The van der Waals surface area contributed by atoms with Crippen LogP contribution in [0, 0.1) is 0 Å². The molecule has 38 heavy (non-hydrogen) atoms. The zero-order valence-electron chi connectivity index (χ0n) is 21.7. The number of anilines is 3. The van der Waals surface area contributed by atoms with Gasteiger partial charge in [0.1, 0.15) is 0 Å². The fraction of sp³-hybridized carbons (Fsp3) is 0.0811. The number of para-hydroxylation sites is 2. The molecule has 1 nitrogen and oxygen atoms in total. The highest BCUT2D eigenvalue weighted by Crippen LogP contribution is 2.56. The molecule has 182 valence electrons. The van der Waals surface area contributed by atoms with Gasteiger partial charge >= 0.3 is 0 Å². The van der Waals surface area contributed by atoms with Crippen LogP contribution in [0.1, 0.15) is 25.0 Å². The van der Waals surface area contributed by atoms with E-state index >= 15 is 0 Å². The maximum Gasteiger partial charge on any atom is 0.0546 e. The second kappa shape index (κ2) is 8.75. The van der Waals surface area contributed by atoms with Gasteiger partial charge < -0.3 is 4.90 Å². The lowest BCUT2D eigenvalue weighted by Crippen LogP contribution is -2.16. The van der Waals surface area contributed by atoms with E-state index in [-0.39, 0.29) is 5.41 Å². The average Bonchev–Trinajstić information content (AvgIpc) is 3.21. The first-order chi connectivity index (χ1) is 18.6. The SMILES string of the molecule is CC1(C)c2cccc(-c3ccccc3)c2-c2cc(N(c3ccccc3)c3ccccc3)c3ccccc3c21. The van der Waals surface area contributed by atoms with Crippen LogP contribution in [0.4, 0.5) is 17.1 Å². The topological polar surface area (TPSA) is 3.24 Å². The first kappa shape index (κ1) is 22.6. The third kappa shape index (κ3) is 3.39. The van der Waals surface area contributed by atoms with Crippen LogP contribution < -0.4 is 4.90 Å². The second-order valence-electron chi connectivity index (χ2n) is 10.6. The number of fused-ring (bicyclic) bond motifs is 5. The molecule has 0 aromatic heterocycles. The van der Waals surface area contributed by atoms with E-state index in [1.165, 1.54) is 49.8 Å². The highest BCUT2D eigenvalue weighted by atomic mass is 15.1. The molecule has 0 heterocycles. The van der Waals surface area contributed by atoms with Gasteiger partial charge in [-0.25, -0.2) is 0 Å². The molecule has 0 N–H and O–H groups in total. The van der Waals surface area contributed by atoms with E-state index in [9.17, 15) is 0 Å². The van der Waals surface area contributed by atoms with E-state index in [1.807, 2.05) is 0 Å². The Morgan fingerprint density at radius 3 is 1.68 bits per heavy atom. The lowest BCUT2D eigenvalue weighted by molar-refractivity contribution is 0.666. The molecule has 0 fully saturated rings. The van der Waals surface area contributed by atoms with Gasteiger partial charge in [-0.3, -0.25) is 0 Å². The molecule has 0 unspecified atom stereocenters. The van der Waals surface area contributed by atoms with Gasteiger partial charge in [0.15, 0.2) is 0 Å². The first-order valence-electron chi connectivity index (χ1n) is 13.3. The fourth-order valence-corrected chi connectivity index (χ4v) is 6.35. The quantitative estimate of drug-likeness (QED) is 0.239. The number of hydrogen-bond donors (Lipinski definition) is 0. The lowest BCUT2D eigenvalue weighted by atomic mass is 9.79. The van der Waals surface area contributed by atoms with Crippen molar-refractivity contribution in [3.63, 3.8) is 0 Å². The summed E-state index contributed by atoms with van der Waals surface area (Å²) in [7, 11) is 0. The van der Waals surface area contributed by atoms with Crippen molar-refractivity contribution in [1.82, 2.24) is 0 Å². The van der Waals surface area contributed by atoms with E-state index in [4.69, 9.17) is 0 Å². The Bertz CT molecular complexity index is 1730. The zero-order valence-corrected chi connectivity index (χ0v) is 21.7. The van der Waals surface area contributed by atoms with Crippen molar-refractivity contribution >= 4 is 27.8 Å². The van der Waals surface area contributed by atoms with Crippen molar-refractivity contribution in [3.05, 3.63) is 151 Å². The van der Waals surface area contributed by atoms with Crippen LogP contribution in [0.2, 0.25) is 0 Å². The normalized spacial score (nSPS) is 13.2. The van der Waals surface area contributed by atoms with E-state index in [0.29, 0.717) is 0 Å². The third-order valence-electron chi connectivity index (χ3n) is 8.01. The predicted molar refractivity (Wildman–Crippen MR) is 162 cm³/mol. The van der Waals surface area contributed by atoms with Crippen LogP contribution in [0.5, 0.6) is 0 Å². The Hall–Kier alpha value is -4.62. The summed E-state index contributed by atoms with van der Waals surface area (Å²) in [6.45, 7) is 4.76. The molecule has 0 radical (unpaired) electrons. The molecule has 0 saturated heterocycles. The Morgan fingerprint density at radius 1 is 0.500 bits per heavy atom. The van der Waals surface area contributed by atoms with Gasteiger partial charge in [0.2, 0.25) is 0 Å². The van der Waals surface area contributed by atoms with Gasteiger partial charge in [-0.15, -0.1) is 0 Å². The number of nitrogens with zero attached hydrogens (tertiary/aromatic N) is 1. The van der Waals surface area contributed by atoms with Crippen LogP contribution in [0.3, 0.4) is 0 Å². The maximum absolute atomic E-state index is 2.44. The molecule has 0 spiro atoms. The summed E-state index contributed by atoms with van der Waals surface area (Å²) in [5.41, 5.74) is 11.4. The van der Waals surface area contributed by atoms with Crippen LogP contribution in [0.15, 0.2) is 140 Å². The maximum atomic E-state index is 2.44. The standard InChI is InChI=1S/C37H29N/c1-37(2)33-24-14-23-29(26-15-6-3-7-16-26)35(33)32-25-34(30-21-12-13-22-31(30)36(32)37)38(27-17-8-4-9-18-27)28-19-10-5-11-20-28/h3-25H,1-2H3. The van der Waals surface area contributed by atoms with Crippen LogP contribution in [-0.4, -0.2) is 0 Å². The van der Waals surface area contributed by atoms with Gasteiger partial charge in [-0.1, -0.05) is 123 Å². The molecule has 1 aliphatic carbocycles. The zero-order chi connectivity index (χ0) is 25.7. The molecule has 0 saturated carbocycles. The largest absolute Gasteiger partial charge is 0.310 e. The Kier molecular flexibility index (Phi) is 5.19. The minimum Gasteiger partial charge on any atom is -0.310 e. The molecule has 7 rings (SSSR count). The van der Waals surface area contributed by atoms with Gasteiger partial charge in [-0.05, 0) is 69.1 Å². The molecule has 1 aliphatic rings. The summed E-state index contributed by atoms with van der Waals surface area (Å²) in [5, 5.41) is 2.58. The monoisotopic (exact) mass is 487 g/mol. The smallest absolute Gasteiger partial charge is 0.0546 e. The second-order valence-corrected chi connectivity index (χ2v) is 10.6. The lowest BCUT2D eigenvalue weighted by Gasteiger charge is -2.29. The Morgan fingerprint density at radius 2 is 1.05 bits per heavy atom. The summed E-state index contributed by atoms with van der Waals surface area (Å²) >= 11 is 0. The molecular weight excluding hydrogens is 458 g/mol. The molecule has 1 heteroatoms. The van der Waals surface area contributed by atoms with Crippen molar-refractivity contribution < 1.29 is 0 Å². The predicted octanol–water partition coefficient (Wildman–Crippen LogP) is 10.3. The van der Waals surface area contributed by atoms with Gasteiger partial charge in [0.25, 0.3) is 0 Å². The summed E-state index contributed by atoms with van der Waals surface area (Å²) in [6.07, 6.45) is 0. The number of rotatable bonds is 4. The fourth-order valence-electron chi connectivity index (χ4n) is 6.35. The van der Waals surface area contributed by atoms with Crippen LogP contribution in [-0.2, 0) is 5.41 Å². The molecule has 0 amide bonds. The average molecular weight is 488 g/mol. The Balaban J connectivity index is 1.60. The highest BCUT2D eigenvalue weighted by molar-refractivity contribution is 6.08. The van der Waals surface area contributed by atoms with Crippen molar-refractivity contribution in [2.24, 2.45) is 0 Å². The highest BCUT2D eigenvalue weighted by Gasteiger charge is 2.39. The van der Waals surface area contributed by atoms with E-state index in [0.717, 1.165) is 11.4 Å². The summed E-state index contributed by atoms with van der Waals surface area (Å²) in [5.74, 6) is 0.